The Morgan fingerprint density at radius 3 is 2.71 bits per heavy atom. The van der Waals surface area contributed by atoms with Gasteiger partial charge in [0.25, 0.3) is 5.69 Å². The van der Waals surface area contributed by atoms with Crippen LogP contribution in [0.5, 0.6) is 0 Å². The summed E-state index contributed by atoms with van der Waals surface area (Å²) in [7, 11) is 0. The molecule has 1 aromatic rings. The third-order valence-corrected chi connectivity index (χ3v) is 3.52. The number of anilines is 1. The summed E-state index contributed by atoms with van der Waals surface area (Å²) in [5, 5.41) is 10.6. The molecule has 0 radical (unpaired) electrons. The summed E-state index contributed by atoms with van der Waals surface area (Å²) in [4.78, 5) is 12.6. The number of piperidine rings is 1. The van der Waals surface area contributed by atoms with E-state index < -0.39 is 0 Å². The van der Waals surface area contributed by atoms with Crippen LogP contribution < -0.4 is 4.90 Å². The zero-order valence-corrected chi connectivity index (χ0v) is 10.1. The second-order valence-electron chi connectivity index (χ2n) is 4.64. The Morgan fingerprint density at radius 1 is 1.41 bits per heavy atom. The Bertz CT molecular complexity index is 389. The molecule has 0 aliphatic carbocycles. The van der Waals surface area contributed by atoms with Gasteiger partial charge in [0.2, 0.25) is 0 Å². The van der Waals surface area contributed by atoms with Gasteiger partial charge in [0.1, 0.15) is 0 Å². The van der Waals surface area contributed by atoms with E-state index in [1.165, 1.54) is 19.3 Å². The lowest BCUT2D eigenvalue weighted by Gasteiger charge is -2.34. The molecule has 1 saturated heterocycles. The number of nitrogens with zero attached hydrogens (tertiary/aromatic N) is 2. The van der Waals surface area contributed by atoms with Crippen molar-refractivity contribution in [2.45, 2.75) is 26.2 Å². The van der Waals surface area contributed by atoms with Gasteiger partial charge in [0, 0.05) is 30.9 Å². The first kappa shape index (κ1) is 11.9. The van der Waals surface area contributed by atoms with Crippen LogP contribution in [0, 0.1) is 16.0 Å². The maximum atomic E-state index is 10.6. The summed E-state index contributed by atoms with van der Waals surface area (Å²) in [6, 6.07) is 6.89. The molecule has 1 fully saturated rings. The van der Waals surface area contributed by atoms with E-state index in [1.807, 2.05) is 12.1 Å². The molecule has 0 aromatic heterocycles. The molecule has 0 N–H and O–H groups in total. The van der Waals surface area contributed by atoms with Crippen molar-refractivity contribution < 1.29 is 4.92 Å². The molecule has 0 saturated carbocycles. The van der Waals surface area contributed by atoms with Gasteiger partial charge in [-0.2, -0.15) is 0 Å². The van der Waals surface area contributed by atoms with Crippen molar-refractivity contribution >= 4 is 11.4 Å². The molecule has 4 nitrogen and oxygen atoms in total. The fraction of sp³-hybridized carbons (Fsp3) is 0.538. The van der Waals surface area contributed by atoms with E-state index in [0.717, 1.165) is 24.7 Å². The van der Waals surface area contributed by atoms with E-state index in [9.17, 15) is 10.1 Å². The van der Waals surface area contributed by atoms with Gasteiger partial charge in [-0.15, -0.1) is 0 Å². The van der Waals surface area contributed by atoms with Crippen LogP contribution in [0.3, 0.4) is 0 Å². The molecule has 17 heavy (non-hydrogen) atoms. The van der Waals surface area contributed by atoms with Crippen molar-refractivity contribution in [1.82, 2.24) is 0 Å². The lowest BCUT2D eigenvalue weighted by molar-refractivity contribution is -0.384. The molecule has 4 heteroatoms. The molecule has 1 heterocycles. The summed E-state index contributed by atoms with van der Waals surface area (Å²) < 4.78 is 0. The molecule has 1 aliphatic heterocycles. The number of nitro groups is 1. The highest BCUT2D eigenvalue weighted by Gasteiger charge is 2.19. The summed E-state index contributed by atoms with van der Waals surface area (Å²) in [5.74, 6) is 0.763. The first-order valence-corrected chi connectivity index (χ1v) is 6.20. The summed E-state index contributed by atoms with van der Waals surface area (Å²) >= 11 is 0. The predicted molar refractivity (Wildman–Crippen MR) is 68.3 cm³/mol. The largest absolute Gasteiger partial charge is 0.371 e. The number of hydrogen-bond donors (Lipinski definition) is 0. The Kier molecular flexibility index (Phi) is 3.61. The summed E-state index contributed by atoms with van der Waals surface area (Å²) in [5.41, 5.74) is 1.27. The number of hydrogen-bond acceptors (Lipinski definition) is 3. The first-order valence-electron chi connectivity index (χ1n) is 6.20. The zero-order valence-electron chi connectivity index (χ0n) is 10.1. The van der Waals surface area contributed by atoms with E-state index in [-0.39, 0.29) is 10.6 Å². The Hall–Kier alpha value is -1.58. The third-order valence-electron chi connectivity index (χ3n) is 3.52. The molecule has 0 spiro atoms. The monoisotopic (exact) mass is 234 g/mol. The Morgan fingerprint density at radius 2 is 2.12 bits per heavy atom. The fourth-order valence-corrected chi connectivity index (χ4v) is 2.42. The highest BCUT2D eigenvalue weighted by atomic mass is 16.6. The second-order valence-corrected chi connectivity index (χ2v) is 4.64. The fourth-order valence-electron chi connectivity index (χ4n) is 2.42. The van der Waals surface area contributed by atoms with Crippen LogP contribution in [0.4, 0.5) is 11.4 Å². The molecule has 1 unspecified atom stereocenters. The van der Waals surface area contributed by atoms with Gasteiger partial charge in [-0.25, -0.2) is 0 Å². The van der Waals surface area contributed by atoms with Crippen LogP contribution in [0.2, 0.25) is 0 Å². The smallest absolute Gasteiger partial charge is 0.269 e. The van der Waals surface area contributed by atoms with E-state index in [4.69, 9.17) is 0 Å². The standard InChI is InChI=1S/C13H18N2O2/c1-2-11-4-3-9-14(10-11)12-5-7-13(8-6-12)15(16)17/h5-8,11H,2-4,9-10H2,1H3. The maximum absolute atomic E-state index is 10.6. The van der Waals surface area contributed by atoms with E-state index >= 15 is 0 Å². The lowest BCUT2D eigenvalue weighted by Crippen LogP contribution is -2.35. The van der Waals surface area contributed by atoms with E-state index in [0.29, 0.717) is 0 Å². The predicted octanol–water partition coefficient (Wildman–Crippen LogP) is 3.22. The van der Waals surface area contributed by atoms with Crippen molar-refractivity contribution in [3.8, 4) is 0 Å². The van der Waals surface area contributed by atoms with Crippen LogP contribution >= 0.6 is 0 Å². The van der Waals surface area contributed by atoms with E-state index in [1.54, 1.807) is 12.1 Å². The van der Waals surface area contributed by atoms with Gasteiger partial charge in [-0.1, -0.05) is 13.3 Å². The van der Waals surface area contributed by atoms with Gasteiger partial charge in [0.05, 0.1) is 4.92 Å². The average molecular weight is 234 g/mol. The van der Waals surface area contributed by atoms with Crippen molar-refractivity contribution in [1.29, 1.82) is 0 Å². The average Bonchev–Trinajstić information content (AvgIpc) is 2.39. The van der Waals surface area contributed by atoms with Crippen molar-refractivity contribution in [2.24, 2.45) is 5.92 Å². The quantitative estimate of drug-likeness (QED) is 0.596. The van der Waals surface area contributed by atoms with Crippen molar-refractivity contribution in [3.63, 3.8) is 0 Å². The molecule has 0 bridgehead atoms. The Labute approximate surface area is 101 Å². The molecule has 2 rings (SSSR count). The van der Waals surface area contributed by atoms with Gasteiger partial charge in [0.15, 0.2) is 0 Å². The minimum absolute atomic E-state index is 0.165. The lowest BCUT2D eigenvalue weighted by atomic mass is 9.95. The topological polar surface area (TPSA) is 46.4 Å². The van der Waals surface area contributed by atoms with Crippen LogP contribution in [0.15, 0.2) is 24.3 Å². The maximum Gasteiger partial charge on any atom is 0.269 e. The summed E-state index contributed by atoms with van der Waals surface area (Å²) in [6.45, 7) is 4.37. The zero-order chi connectivity index (χ0) is 12.3. The van der Waals surface area contributed by atoms with Gasteiger partial charge >= 0.3 is 0 Å². The highest BCUT2D eigenvalue weighted by Crippen LogP contribution is 2.26. The number of nitro benzene ring substituents is 1. The number of benzene rings is 1. The van der Waals surface area contributed by atoms with E-state index in [2.05, 4.69) is 11.8 Å². The highest BCUT2D eigenvalue weighted by molar-refractivity contribution is 5.51. The van der Waals surface area contributed by atoms with Crippen molar-refractivity contribution in [2.75, 3.05) is 18.0 Å². The molecule has 0 amide bonds. The minimum atomic E-state index is -0.352. The molecular weight excluding hydrogens is 216 g/mol. The first-order chi connectivity index (χ1) is 8.20. The molecule has 1 aromatic carbocycles. The van der Waals surface area contributed by atoms with Gasteiger partial charge < -0.3 is 4.90 Å². The molecule has 1 aliphatic rings. The molecule has 92 valence electrons. The summed E-state index contributed by atoms with van der Waals surface area (Å²) in [6.07, 6.45) is 3.74. The van der Waals surface area contributed by atoms with Gasteiger partial charge in [-0.3, -0.25) is 10.1 Å². The van der Waals surface area contributed by atoms with Gasteiger partial charge in [-0.05, 0) is 30.9 Å². The van der Waals surface area contributed by atoms with Crippen LogP contribution in [0.25, 0.3) is 0 Å². The van der Waals surface area contributed by atoms with Crippen LogP contribution in [0.1, 0.15) is 26.2 Å². The SMILES string of the molecule is CCC1CCCN(c2ccc([N+](=O)[O-])cc2)C1. The normalized spacial score (nSPS) is 20.3. The van der Waals surface area contributed by atoms with Crippen LogP contribution in [-0.4, -0.2) is 18.0 Å². The molecule has 1 atom stereocenters. The molecular formula is C13H18N2O2. The third kappa shape index (κ3) is 2.75. The number of non-ortho nitro benzene ring substituents is 1. The van der Waals surface area contributed by atoms with Crippen molar-refractivity contribution in [3.05, 3.63) is 34.4 Å². The Balaban J connectivity index is 2.08. The number of rotatable bonds is 3. The minimum Gasteiger partial charge on any atom is -0.371 e. The second kappa shape index (κ2) is 5.17. The van der Waals surface area contributed by atoms with Crippen LogP contribution in [-0.2, 0) is 0 Å².